The topological polar surface area (TPSA) is 102 Å². The van der Waals surface area contributed by atoms with Crippen molar-refractivity contribution in [2.24, 2.45) is 5.92 Å². The average molecular weight is 376 g/mol. The van der Waals surface area contributed by atoms with E-state index in [1.807, 2.05) is 0 Å². The fourth-order valence-corrected chi connectivity index (χ4v) is 3.69. The Morgan fingerprint density at radius 3 is 2.74 bits per heavy atom. The summed E-state index contributed by atoms with van der Waals surface area (Å²) in [6.07, 6.45) is -0.586. The Morgan fingerprint density at radius 2 is 2.11 bits per heavy atom. The highest BCUT2D eigenvalue weighted by molar-refractivity contribution is 5.97. The van der Waals surface area contributed by atoms with Crippen molar-refractivity contribution in [1.82, 2.24) is 0 Å². The second-order valence-corrected chi connectivity index (χ2v) is 7.59. The van der Waals surface area contributed by atoms with Crippen LogP contribution < -0.4 is 0 Å². The molecule has 1 aliphatic carbocycles. The highest BCUT2D eigenvalue weighted by atomic mass is 16.6. The molecule has 2 saturated heterocycles. The summed E-state index contributed by atoms with van der Waals surface area (Å²) in [5.74, 6) is -2.20. The average Bonchev–Trinajstić information content (AvgIpc) is 3.19. The summed E-state index contributed by atoms with van der Waals surface area (Å²) < 4.78 is 16.6. The molecule has 0 bridgehead atoms. The molecule has 3 rings (SSSR count). The van der Waals surface area contributed by atoms with Gasteiger partial charge >= 0.3 is 11.9 Å². The molecule has 6 atom stereocenters. The van der Waals surface area contributed by atoms with Crippen LogP contribution in [0.15, 0.2) is 35.5 Å². The minimum Gasteiger partial charge on any atom is -0.458 e. The zero-order chi connectivity index (χ0) is 20.1. The maximum absolute atomic E-state index is 12.4. The number of aliphatic hydroxyl groups is 1. The van der Waals surface area contributed by atoms with Crippen LogP contribution in [0.5, 0.6) is 0 Å². The van der Waals surface area contributed by atoms with E-state index in [9.17, 15) is 19.5 Å². The van der Waals surface area contributed by atoms with E-state index in [0.717, 1.165) is 0 Å². The minimum atomic E-state index is -1.21. The lowest BCUT2D eigenvalue weighted by Crippen LogP contribution is -2.43. The molecular formula is C20H24O7. The molecule has 0 aromatic heterocycles. The highest BCUT2D eigenvalue weighted by Gasteiger charge is 2.60. The molecule has 0 saturated carbocycles. The lowest BCUT2D eigenvalue weighted by atomic mass is 9.80. The zero-order valence-corrected chi connectivity index (χ0v) is 15.9. The fourth-order valence-electron chi connectivity index (χ4n) is 3.69. The molecule has 0 aromatic rings. The number of aliphatic hydroxyl groups excluding tert-OH is 1. The Balaban J connectivity index is 2.03. The van der Waals surface area contributed by atoms with Crippen LogP contribution in [0, 0.1) is 5.92 Å². The van der Waals surface area contributed by atoms with E-state index < -0.39 is 47.9 Å². The number of hydrogen-bond donors (Lipinski definition) is 1. The van der Waals surface area contributed by atoms with Crippen molar-refractivity contribution < 1.29 is 33.7 Å². The molecule has 2 aliphatic heterocycles. The largest absolute Gasteiger partial charge is 0.458 e. The van der Waals surface area contributed by atoms with E-state index in [1.165, 1.54) is 6.08 Å². The number of carbonyl (C=O) groups is 3. The second-order valence-electron chi connectivity index (χ2n) is 7.59. The predicted molar refractivity (Wildman–Crippen MR) is 94.5 cm³/mol. The first-order valence-electron chi connectivity index (χ1n) is 8.90. The van der Waals surface area contributed by atoms with Gasteiger partial charge in [-0.3, -0.25) is 4.79 Å². The molecule has 7 heteroatoms. The summed E-state index contributed by atoms with van der Waals surface area (Å²) in [4.78, 5) is 36.9. The van der Waals surface area contributed by atoms with Crippen molar-refractivity contribution in [2.45, 2.75) is 64.1 Å². The van der Waals surface area contributed by atoms with E-state index in [2.05, 4.69) is 6.58 Å². The molecule has 7 nitrogen and oxygen atoms in total. The lowest BCUT2D eigenvalue weighted by Gasteiger charge is -2.31. The first-order valence-corrected chi connectivity index (χ1v) is 8.90. The van der Waals surface area contributed by atoms with Crippen molar-refractivity contribution in [3.63, 3.8) is 0 Å². The van der Waals surface area contributed by atoms with Crippen LogP contribution in [0.2, 0.25) is 0 Å². The van der Waals surface area contributed by atoms with Gasteiger partial charge < -0.3 is 19.3 Å². The standard InChI is InChI=1S/C20H24O7/c1-6-9(2)18(23)25-13-8-20(5)17(27-20)12(21)7-10(3)15(22)16-14(13)11(4)19(24)26-16/h6-7,13-17,22H,4,8H2,1-3,5H3. The fraction of sp³-hybridized carbons (Fsp3) is 0.550. The van der Waals surface area contributed by atoms with Gasteiger partial charge in [0.1, 0.15) is 30.0 Å². The summed E-state index contributed by atoms with van der Waals surface area (Å²) in [5.41, 5.74) is 0.0783. The summed E-state index contributed by atoms with van der Waals surface area (Å²) in [5, 5.41) is 10.7. The third-order valence-corrected chi connectivity index (χ3v) is 5.57. The minimum absolute atomic E-state index is 0.135. The quantitative estimate of drug-likeness (QED) is 0.441. The Morgan fingerprint density at radius 1 is 1.44 bits per heavy atom. The molecule has 27 heavy (non-hydrogen) atoms. The van der Waals surface area contributed by atoms with Gasteiger partial charge in [0.25, 0.3) is 0 Å². The molecule has 146 valence electrons. The Hall–Kier alpha value is -2.25. The number of ether oxygens (including phenoxy) is 3. The van der Waals surface area contributed by atoms with Gasteiger partial charge in [-0.05, 0) is 39.3 Å². The summed E-state index contributed by atoms with van der Waals surface area (Å²) in [6, 6.07) is 0. The van der Waals surface area contributed by atoms with Crippen LogP contribution in [-0.4, -0.2) is 52.8 Å². The van der Waals surface area contributed by atoms with E-state index in [4.69, 9.17) is 14.2 Å². The molecule has 6 unspecified atom stereocenters. The van der Waals surface area contributed by atoms with Gasteiger partial charge in [-0.15, -0.1) is 0 Å². The molecule has 0 spiro atoms. The van der Waals surface area contributed by atoms with Crippen molar-refractivity contribution in [3.05, 3.63) is 35.5 Å². The molecule has 1 N–H and O–H groups in total. The molecular weight excluding hydrogens is 352 g/mol. The molecule has 0 amide bonds. The van der Waals surface area contributed by atoms with Crippen molar-refractivity contribution in [3.8, 4) is 0 Å². The van der Waals surface area contributed by atoms with Gasteiger partial charge in [-0.2, -0.15) is 0 Å². The van der Waals surface area contributed by atoms with E-state index in [1.54, 1.807) is 33.8 Å². The van der Waals surface area contributed by atoms with Gasteiger partial charge in [0, 0.05) is 17.6 Å². The SMILES string of the molecule is C=C1C(=O)OC2C(O)C(C)=CC(=O)C3OC3(C)CC(OC(=O)C(C)=CC)C12. The summed E-state index contributed by atoms with van der Waals surface area (Å²) in [7, 11) is 0. The van der Waals surface area contributed by atoms with Gasteiger partial charge in [0.15, 0.2) is 5.78 Å². The molecule has 2 fully saturated rings. The van der Waals surface area contributed by atoms with Crippen LogP contribution in [0.4, 0.5) is 0 Å². The van der Waals surface area contributed by atoms with E-state index in [0.29, 0.717) is 11.1 Å². The number of allylic oxidation sites excluding steroid dienone is 1. The molecule has 0 aromatic carbocycles. The number of fused-ring (bicyclic) bond motifs is 2. The molecule has 2 heterocycles. The molecule has 0 radical (unpaired) electrons. The van der Waals surface area contributed by atoms with Crippen LogP contribution in [0.1, 0.15) is 34.1 Å². The Labute approximate surface area is 157 Å². The van der Waals surface area contributed by atoms with Gasteiger partial charge in [0.2, 0.25) is 0 Å². The van der Waals surface area contributed by atoms with Gasteiger partial charge in [-0.25, -0.2) is 9.59 Å². The van der Waals surface area contributed by atoms with Crippen LogP contribution in [-0.2, 0) is 28.6 Å². The van der Waals surface area contributed by atoms with E-state index in [-0.39, 0.29) is 17.8 Å². The van der Waals surface area contributed by atoms with Crippen LogP contribution >= 0.6 is 0 Å². The van der Waals surface area contributed by atoms with Crippen LogP contribution in [0.3, 0.4) is 0 Å². The number of ketones is 1. The maximum atomic E-state index is 12.4. The third kappa shape index (κ3) is 3.37. The predicted octanol–water partition coefficient (Wildman–Crippen LogP) is 1.40. The van der Waals surface area contributed by atoms with Gasteiger partial charge in [0.05, 0.1) is 5.92 Å². The first-order chi connectivity index (χ1) is 12.6. The monoisotopic (exact) mass is 376 g/mol. The van der Waals surface area contributed by atoms with Crippen molar-refractivity contribution in [1.29, 1.82) is 0 Å². The highest BCUT2D eigenvalue weighted by Crippen LogP contribution is 2.46. The smallest absolute Gasteiger partial charge is 0.334 e. The summed E-state index contributed by atoms with van der Waals surface area (Å²) >= 11 is 0. The Kier molecular flexibility index (Phi) is 4.86. The first kappa shape index (κ1) is 19.5. The second kappa shape index (κ2) is 6.73. The normalized spacial score (nSPS) is 39.1. The number of hydrogen-bond acceptors (Lipinski definition) is 7. The van der Waals surface area contributed by atoms with E-state index >= 15 is 0 Å². The Bertz CT molecular complexity index is 777. The third-order valence-electron chi connectivity index (χ3n) is 5.57. The van der Waals surface area contributed by atoms with Crippen LogP contribution in [0.25, 0.3) is 0 Å². The molecule has 3 aliphatic rings. The number of epoxide rings is 1. The summed E-state index contributed by atoms with van der Waals surface area (Å²) in [6.45, 7) is 10.5. The number of rotatable bonds is 2. The van der Waals surface area contributed by atoms with Crippen molar-refractivity contribution >= 4 is 17.7 Å². The van der Waals surface area contributed by atoms with Gasteiger partial charge in [-0.1, -0.05) is 12.7 Å². The number of carbonyl (C=O) groups excluding carboxylic acids is 3. The van der Waals surface area contributed by atoms with Crippen molar-refractivity contribution in [2.75, 3.05) is 0 Å². The number of esters is 2. The zero-order valence-electron chi connectivity index (χ0n) is 15.9. The maximum Gasteiger partial charge on any atom is 0.334 e. The lowest BCUT2D eigenvalue weighted by molar-refractivity contribution is -0.151.